The maximum Gasteiger partial charge on any atom is 0.143 e. The van der Waals surface area contributed by atoms with E-state index in [1.54, 1.807) is 0 Å². The van der Waals surface area contributed by atoms with Gasteiger partial charge in [-0.1, -0.05) is 0 Å². The fourth-order valence-corrected chi connectivity index (χ4v) is 2.60. The van der Waals surface area contributed by atoms with Crippen LogP contribution in [0.3, 0.4) is 0 Å². The van der Waals surface area contributed by atoms with Crippen molar-refractivity contribution in [2.24, 2.45) is 0 Å². The van der Waals surface area contributed by atoms with Crippen LogP contribution in [-0.4, -0.2) is 30.6 Å². The van der Waals surface area contributed by atoms with Crippen LogP contribution in [0.5, 0.6) is 0 Å². The standard InChI is InChI=1S/C12H15F2IN2/c1-8-6-17(5-4-16-8)7-9-10(13)2-3-11(15)12(9)14/h2-3,8,16H,4-7H2,1H3/t8-/m1/s1. The molecule has 94 valence electrons. The van der Waals surface area contributed by atoms with Crippen LogP contribution >= 0.6 is 22.6 Å². The molecular weight excluding hydrogens is 337 g/mol. The second-order valence-corrected chi connectivity index (χ2v) is 5.57. The summed E-state index contributed by atoms with van der Waals surface area (Å²) in [7, 11) is 0. The lowest BCUT2D eigenvalue weighted by Gasteiger charge is -2.32. The first-order valence-electron chi connectivity index (χ1n) is 5.66. The minimum atomic E-state index is -0.450. The minimum absolute atomic E-state index is 0.186. The Labute approximate surface area is 114 Å². The quantitative estimate of drug-likeness (QED) is 0.650. The maximum atomic E-state index is 13.8. The number of nitrogens with one attached hydrogen (secondary N) is 1. The molecule has 1 aliphatic heterocycles. The number of halogens is 3. The fraction of sp³-hybridized carbons (Fsp3) is 0.500. The summed E-state index contributed by atoms with van der Waals surface area (Å²) in [6.45, 7) is 4.95. The topological polar surface area (TPSA) is 15.3 Å². The highest BCUT2D eigenvalue weighted by atomic mass is 127. The molecule has 0 saturated carbocycles. The van der Waals surface area contributed by atoms with Crippen LogP contribution in [0.4, 0.5) is 8.78 Å². The number of hydrogen-bond donors (Lipinski definition) is 1. The largest absolute Gasteiger partial charge is 0.312 e. The Bertz CT molecular complexity index is 412. The van der Waals surface area contributed by atoms with E-state index in [9.17, 15) is 8.78 Å². The Morgan fingerprint density at radius 3 is 2.94 bits per heavy atom. The van der Waals surface area contributed by atoms with E-state index in [4.69, 9.17) is 0 Å². The average molecular weight is 352 g/mol. The molecule has 2 rings (SSSR count). The van der Waals surface area contributed by atoms with Gasteiger partial charge in [0.2, 0.25) is 0 Å². The molecule has 0 bridgehead atoms. The first-order valence-corrected chi connectivity index (χ1v) is 6.74. The molecule has 1 aromatic carbocycles. The van der Waals surface area contributed by atoms with E-state index in [1.807, 2.05) is 22.6 Å². The average Bonchev–Trinajstić information content (AvgIpc) is 2.30. The van der Waals surface area contributed by atoms with Gasteiger partial charge in [-0.2, -0.15) is 0 Å². The van der Waals surface area contributed by atoms with Crippen molar-refractivity contribution in [3.8, 4) is 0 Å². The lowest BCUT2D eigenvalue weighted by Crippen LogP contribution is -2.48. The van der Waals surface area contributed by atoms with Gasteiger partial charge in [0.05, 0.1) is 0 Å². The van der Waals surface area contributed by atoms with Crippen LogP contribution in [0.15, 0.2) is 12.1 Å². The van der Waals surface area contributed by atoms with Crippen molar-refractivity contribution in [2.75, 3.05) is 19.6 Å². The second-order valence-electron chi connectivity index (χ2n) is 4.41. The SMILES string of the molecule is C[C@@H]1CN(Cc2c(F)ccc(I)c2F)CCN1. The molecule has 0 aromatic heterocycles. The molecule has 2 nitrogen and oxygen atoms in total. The van der Waals surface area contributed by atoms with Gasteiger partial charge >= 0.3 is 0 Å². The molecule has 0 amide bonds. The Morgan fingerprint density at radius 2 is 2.24 bits per heavy atom. The molecule has 0 aliphatic carbocycles. The third-order valence-corrected chi connectivity index (χ3v) is 3.81. The van der Waals surface area contributed by atoms with E-state index in [-0.39, 0.29) is 5.56 Å². The van der Waals surface area contributed by atoms with Gasteiger partial charge in [-0.3, -0.25) is 4.90 Å². The third kappa shape index (κ3) is 3.14. The molecule has 17 heavy (non-hydrogen) atoms. The number of nitrogens with zero attached hydrogens (tertiary/aromatic N) is 1. The summed E-state index contributed by atoms with van der Waals surface area (Å²) in [6.07, 6.45) is 0. The lowest BCUT2D eigenvalue weighted by atomic mass is 10.1. The zero-order valence-corrected chi connectivity index (χ0v) is 11.8. The highest BCUT2D eigenvalue weighted by Gasteiger charge is 2.20. The Balaban J connectivity index is 2.15. The summed E-state index contributed by atoms with van der Waals surface area (Å²) in [5.41, 5.74) is 0.186. The van der Waals surface area contributed by atoms with Crippen LogP contribution in [0.1, 0.15) is 12.5 Å². The zero-order valence-electron chi connectivity index (χ0n) is 9.64. The van der Waals surface area contributed by atoms with E-state index in [0.717, 1.165) is 19.6 Å². The van der Waals surface area contributed by atoms with Crippen LogP contribution in [0.2, 0.25) is 0 Å². The van der Waals surface area contributed by atoms with Gasteiger partial charge in [-0.05, 0) is 41.6 Å². The molecular formula is C12H15F2IN2. The van der Waals surface area contributed by atoms with Crippen molar-refractivity contribution >= 4 is 22.6 Å². The minimum Gasteiger partial charge on any atom is -0.312 e. The molecule has 1 N–H and O–H groups in total. The highest BCUT2D eigenvalue weighted by Crippen LogP contribution is 2.20. The van der Waals surface area contributed by atoms with E-state index in [2.05, 4.69) is 17.1 Å². The molecule has 0 spiro atoms. The van der Waals surface area contributed by atoms with Crippen LogP contribution in [0.25, 0.3) is 0 Å². The van der Waals surface area contributed by atoms with E-state index >= 15 is 0 Å². The van der Waals surface area contributed by atoms with Crippen LogP contribution in [-0.2, 0) is 6.54 Å². The van der Waals surface area contributed by atoms with Crippen molar-refractivity contribution in [2.45, 2.75) is 19.5 Å². The summed E-state index contributed by atoms with van der Waals surface area (Å²) < 4.78 is 27.9. The van der Waals surface area contributed by atoms with E-state index < -0.39 is 11.6 Å². The smallest absolute Gasteiger partial charge is 0.143 e. The predicted octanol–water partition coefficient (Wildman–Crippen LogP) is 2.36. The van der Waals surface area contributed by atoms with Crippen molar-refractivity contribution < 1.29 is 8.78 Å². The first-order chi connectivity index (χ1) is 8.08. The maximum absolute atomic E-state index is 13.8. The van der Waals surface area contributed by atoms with Crippen LogP contribution in [0, 0.1) is 15.2 Å². The van der Waals surface area contributed by atoms with Gasteiger partial charge in [0.25, 0.3) is 0 Å². The van der Waals surface area contributed by atoms with Gasteiger partial charge in [-0.25, -0.2) is 8.78 Å². The molecule has 5 heteroatoms. The Morgan fingerprint density at radius 1 is 1.47 bits per heavy atom. The molecule has 0 unspecified atom stereocenters. The summed E-state index contributed by atoms with van der Waals surface area (Å²) in [5, 5.41) is 3.31. The molecule has 1 fully saturated rings. The summed E-state index contributed by atoms with van der Waals surface area (Å²) in [4.78, 5) is 2.08. The fourth-order valence-electron chi connectivity index (χ4n) is 2.09. The van der Waals surface area contributed by atoms with Crippen molar-refractivity contribution in [1.82, 2.24) is 10.2 Å². The van der Waals surface area contributed by atoms with Gasteiger partial charge < -0.3 is 5.32 Å². The second kappa shape index (κ2) is 5.58. The van der Waals surface area contributed by atoms with Crippen molar-refractivity contribution in [3.63, 3.8) is 0 Å². The Hall–Kier alpha value is -0.270. The van der Waals surface area contributed by atoms with Crippen LogP contribution < -0.4 is 5.32 Å². The van der Waals surface area contributed by atoms with E-state index in [0.29, 0.717) is 16.2 Å². The van der Waals surface area contributed by atoms with Gasteiger partial charge in [0.1, 0.15) is 11.6 Å². The molecule has 1 aliphatic rings. The van der Waals surface area contributed by atoms with Crippen molar-refractivity contribution in [1.29, 1.82) is 0 Å². The van der Waals surface area contributed by atoms with Gasteiger partial charge in [-0.15, -0.1) is 0 Å². The summed E-state index contributed by atoms with van der Waals surface area (Å²) >= 11 is 1.89. The molecule has 1 aromatic rings. The summed E-state index contributed by atoms with van der Waals surface area (Å²) in [5.74, 6) is -0.870. The molecule has 0 radical (unpaired) electrons. The predicted molar refractivity (Wildman–Crippen MR) is 71.8 cm³/mol. The number of piperazine rings is 1. The number of benzene rings is 1. The molecule has 1 heterocycles. The third-order valence-electron chi connectivity index (χ3n) is 2.97. The molecule has 1 saturated heterocycles. The van der Waals surface area contributed by atoms with Gasteiger partial charge in [0.15, 0.2) is 0 Å². The zero-order chi connectivity index (χ0) is 12.4. The normalized spacial score (nSPS) is 21.8. The summed E-state index contributed by atoms with van der Waals surface area (Å²) in [6, 6.07) is 3.18. The lowest BCUT2D eigenvalue weighted by molar-refractivity contribution is 0.195. The number of rotatable bonds is 2. The monoisotopic (exact) mass is 352 g/mol. The number of hydrogen-bond acceptors (Lipinski definition) is 2. The van der Waals surface area contributed by atoms with Gasteiger partial charge in [0, 0.05) is 41.4 Å². The Kier molecular flexibility index (Phi) is 4.32. The molecule has 1 atom stereocenters. The van der Waals surface area contributed by atoms with Crippen molar-refractivity contribution in [3.05, 3.63) is 32.9 Å². The highest BCUT2D eigenvalue weighted by molar-refractivity contribution is 14.1. The first kappa shape index (κ1) is 13.2. The van der Waals surface area contributed by atoms with E-state index in [1.165, 1.54) is 12.1 Å².